The lowest BCUT2D eigenvalue weighted by molar-refractivity contribution is -0.151. The Morgan fingerprint density at radius 1 is 1.31 bits per heavy atom. The van der Waals surface area contributed by atoms with Crippen molar-refractivity contribution in [2.45, 2.75) is 52.0 Å². The highest BCUT2D eigenvalue weighted by molar-refractivity contribution is 5.75. The summed E-state index contributed by atoms with van der Waals surface area (Å²) in [5.74, 6) is 0.211. The number of hydrogen-bond acceptors (Lipinski definition) is 2. The molecule has 2 aliphatic rings. The number of likely N-dealkylation sites (tertiary alicyclic amines) is 1. The maximum atomic E-state index is 11.4. The van der Waals surface area contributed by atoms with E-state index in [-0.39, 0.29) is 6.04 Å². The number of rotatable bonds is 2. The second kappa shape index (κ2) is 4.36. The zero-order valence-electron chi connectivity index (χ0n) is 10.4. The van der Waals surface area contributed by atoms with E-state index in [0.29, 0.717) is 0 Å². The fourth-order valence-electron chi connectivity index (χ4n) is 3.32. The summed E-state index contributed by atoms with van der Waals surface area (Å²) in [5.41, 5.74) is -0.499. The van der Waals surface area contributed by atoms with Gasteiger partial charge < -0.3 is 5.11 Å². The highest BCUT2D eigenvalue weighted by Crippen LogP contribution is 2.42. The Hall–Kier alpha value is -0.570. The zero-order valence-corrected chi connectivity index (χ0v) is 10.4. The van der Waals surface area contributed by atoms with Crippen LogP contribution < -0.4 is 0 Å². The lowest BCUT2D eigenvalue weighted by Gasteiger charge is -2.40. The first kappa shape index (κ1) is 11.9. The molecule has 2 unspecified atom stereocenters. The molecule has 2 atom stereocenters. The van der Waals surface area contributed by atoms with Crippen LogP contribution in [0.1, 0.15) is 46.0 Å². The molecule has 1 saturated carbocycles. The lowest BCUT2D eigenvalue weighted by atomic mass is 9.82. The number of carboxylic acid groups (broad SMARTS) is 1. The van der Waals surface area contributed by atoms with Crippen LogP contribution in [0, 0.1) is 11.3 Å². The van der Waals surface area contributed by atoms with Crippen molar-refractivity contribution in [1.29, 1.82) is 0 Å². The van der Waals surface area contributed by atoms with Crippen LogP contribution in [0.15, 0.2) is 0 Å². The molecule has 0 amide bonds. The van der Waals surface area contributed by atoms with E-state index in [1.54, 1.807) is 0 Å². The van der Waals surface area contributed by atoms with Crippen molar-refractivity contribution in [3.8, 4) is 0 Å². The molecule has 16 heavy (non-hydrogen) atoms. The smallest absolute Gasteiger partial charge is 0.310 e. The summed E-state index contributed by atoms with van der Waals surface area (Å²) in [6, 6.07) is 0.275. The minimum Gasteiger partial charge on any atom is -0.481 e. The van der Waals surface area contributed by atoms with E-state index >= 15 is 0 Å². The molecule has 1 saturated heterocycles. The van der Waals surface area contributed by atoms with Gasteiger partial charge in [-0.1, -0.05) is 13.3 Å². The van der Waals surface area contributed by atoms with E-state index in [9.17, 15) is 9.90 Å². The average Bonchev–Trinajstić information content (AvgIpc) is 2.63. The summed E-state index contributed by atoms with van der Waals surface area (Å²) in [5, 5.41) is 9.40. The first-order chi connectivity index (χ1) is 7.54. The Bertz CT molecular complexity index is 271. The van der Waals surface area contributed by atoms with E-state index in [1.165, 1.54) is 12.8 Å². The van der Waals surface area contributed by atoms with Gasteiger partial charge in [0.15, 0.2) is 0 Å². The number of piperidine rings is 1. The molecule has 0 aromatic rings. The predicted octanol–water partition coefficient (Wildman–Crippen LogP) is 2.36. The molecule has 0 aromatic heterocycles. The molecule has 0 spiro atoms. The minimum atomic E-state index is -0.603. The van der Waals surface area contributed by atoms with Crippen LogP contribution in [-0.2, 0) is 4.79 Å². The van der Waals surface area contributed by atoms with Crippen LogP contribution in [0.3, 0.4) is 0 Å². The van der Waals surface area contributed by atoms with Gasteiger partial charge in [0.1, 0.15) is 0 Å². The van der Waals surface area contributed by atoms with E-state index in [1.807, 2.05) is 6.92 Å². The standard InChI is InChI=1S/C13H23NO2/c1-10-5-8-14(9-6-10)11-4-3-7-13(11,2)12(15)16/h10-11H,3-9H2,1-2H3,(H,15,16). The van der Waals surface area contributed by atoms with Crippen molar-refractivity contribution in [3.63, 3.8) is 0 Å². The van der Waals surface area contributed by atoms with Gasteiger partial charge in [-0.05, 0) is 51.6 Å². The summed E-state index contributed by atoms with van der Waals surface area (Å²) in [6.45, 7) is 6.41. The maximum absolute atomic E-state index is 11.4. The Morgan fingerprint density at radius 3 is 2.50 bits per heavy atom. The van der Waals surface area contributed by atoms with Crippen molar-refractivity contribution in [2.24, 2.45) is 11.3 Å². The summed E-state index contributed by atoms with van der Waals surface area (Å²) in [6.07, 6.45) is 5.44. The topological polar surface area (TPSA) is 40.5 Å². The third-order valence-corrected chi connectivity index (χ3v) is 4.66. The maximum Gasteiger partial charge on any atom is 0.310 e. The lowest BCUT2D eigenvalue weighted by Crippen LogP contribution is -2.49. The molecule has 0 bridgehead atoms. The summed E-state index contributed by atoms with van der Waals surface area (Å²) in [7, 11) is 0. The third-order valence-electron chi connectivity index (χ3n) is 4.66. The van der Waals surface area contributed by atoms with E-state index < -0.39 is 11.4 Å². The molecule has 1 N–H and O–H groups in total. The summed E-state index contributed by atoms with van der Waals surface area (Å²) >= 11 is 0. The molecule has 0 radical (unpaired) electrons. The Labute approximate surface area is 97.8 Å². The molecule has 3 nitrogen and oxygen atoms in total. The van der Waals surface area contributed by atoms with Crippen LogP contribution in [0.5, 0.6) is 0 Å². The van der Waals surface area contributed by atoms with Gasteiger partial charge in [0.25, 0.3) is 0 Å². The number of hydrogen-bond donors (Lipinski definition) is 1. The average molecular weight is 225 g/mol. The van der Waals surface area contributed by atoms with Gasteiger partial charge in [0.05, 0.1) is 5.41 Å². The van der Waals surface area contributed by atoms with Gasteiger partial charge in [-0.25, -0.2) is 0 Å². The quantitative estimate of drug-likeness (QED) is 0.784. The fraction of sp³-hybridized carbons (Fsp3) is 0.923. The molecule has 1 heterocycles. The van der Waals surface area contributed by atoms with Gasteiger partial charge in [-0.15, -0.1) is 0 Å². The van der Waals surface area contributed by atoms with Gasteiger partial charge in [-0.2, -0.15) is 0 Å². The van der Waals surface area contributed by atoms with Crippen molar-refractivity contribution in [1.82, 2.24) is 4.90 Å². The highest BCUT2D eigenvalue weighted by Gasteiger charge is 2.47. The first-order valence-electron chi connectivity index (χ1n) is 6.51. The minimum absolute atomic E-state index is 0.275. The second-order valence-corrected chi connectivity index (χ2v) is 5.85. The normalized spacial score (nSPS) is 37.8. The largest absolute Gasteiger partial charge is 0.481 e. The summed E-state index contributed by atoms with van der Waals surface area (Å²) in [4.78, 5) is 13.8. The number of aliphatic carboxylic acids is 1. The Balaban J connectivity index is 2.06. The van der Waals surface area contributed by atoms with Crippen LogP contribution in [0.2, 0.25) is 0 Å². The van der Waals surface area contributed by atoms with Gasteiger partial charge in [-0.3, -0.25) is 9.69 Å². The number of nitrogens with zero attached hydrogens (tertiary/aromatic N) is 1. The fourth-order valence-corrected chi connectivity index (χ4v) is 3.32. The second-order valence-electron chi connectivity index (χ2n) is 5.85. The molecule has 2 rings (SSSR count). The third kappa shape index (κ3) is 1.97. The van der Waals surface area contributed by atoms with Gasteiger partial charge in [0.2, 0.25) is 0 Å². The van der Waals surface area contributed by atoms with Crippen molar-refractivity contribution < 1.29 is 9.90 Å². The first-order valence-corrected chi connectivity index (χ1v) is 6.51. The van der Waals surface area contributed by atoms with Crippen LogP contribution >= 0.6 is 0 Å². The van der Waals surface area contributed by atoms with Crippen molar-refractivity contribution in [2.75, 3.05) is 13.1 Å². The van der Waals surface area contributed by atoms with Crippen LogP contribution in [0.25, 0.3) is 0 Å². The van der Waals surface area contributed by atoms with Crippen molar-refractivity contribution in [3.05, 3.63) is 0 Å². The number of carbonyl (C=O) groups is 1. The number of carboxylic acids is 1. The van der Waals surface area contributed by atoms with E-state index in [4.69, 9.17) is 0 Å². The Morgan fingerprint density at radius 2 is 1.94 bits per heavy atom. The van der Waals surface area contributed by atoms with Gasteiger partial charge in [0, 0.05) is 6.04 Å². The molecule has 92 valence electrons. The van der Waals surface area contributed by atoms with Crippen LogP contribution in [-0.4, -0.2) is 35.1 Å². The van der Waals surface area contributed by atoms with Crippen molar-refractivity contribution >= 4 is 5.97 Å². The van der Waals surface area contributed by atoms with Crippen LogP contribution in [0.4, 0.5) is 0 Å². The Kier molecular flexibility index (Phi) is 3.24. The zero-order chi connectivity index (χ0) is 11.8. The van der Waals surface area contributed by atoms with E-state index in [2.05, 4.69) is 11.8 Å². The highest BCUT2D eigenvalue weighted by atomic mass is 16.4. The molecule has 1 aliphatic heterocycles. The molecular formula is C13H23NO2. The molecule has 2 fully saturated rings. The predicted molar refractivity (Wildman–Crippen MR) is 63.4 cm³/mol. The molecule has 3 heteroatoms. The summed E-state index contributed by atoms with van der Waals surface area (Å²) < 4.78 is 0. The SMILES string of the molecule is CC1CCN(C2CCCC2(C)C(=O)O)CC1. The van der Waals surface area contributed by atoms with E-state index in [0.717, 1.165) is 38.3 Å². The monoisotopic (exact) mass is 225 g/mol. The molecular weight excluding hydrogens is 202 g/mol. The molecule has 0 aromatic carbocycles. The molecule has 1 aliphatic carbocycles. The van der Waals surface area contributed by atoms with Gasteiger partial charge >= 0.3 is 5.97 Å².